The van der Waals surface area contributed by atoms with Gasteiger partial charge in [0.15, 0.2) is 12.9 Å². The number of hydrogen-bond acceptors (Lipinski definition) is 3. The number of rotatable bonds is 5. The van der Waals surface area contributed by atoms with E-state index in [4.69, 9.17) is 4.74 Å². The Balaban J connectivity index is 1.80. The Bertz CT molecular complexity index is 691. The molecule has 0 radical (unpaired) electrons. The quantitative estimate of drug-likeness (QED) is 0.793. The molecular weight excluding hydrogens is 266 g/mol. The van der Waals surface area contributed by atoms with E-state index in [0.717, 1.165) is 29.9 Å². The normalized spacial score (nSPS) is 14.0. The van der Waals surface area contributed by atoms with Gasteiger partial charge in [-0.2, -0.15) is 0 Å². The third-order valence-electron chi connectivity index (χ3n) is 3.89. The Kier molecular flexibility index (Phi) is 3.60. The number of nitrogens with zero attached hydrogens (tertiary/aromatic N) is 1. The van der Waals surface area contributed by atoms with Gasteiger partial charge in [0.1, 0.15) is 5.75 Å². The zero-order valence-corrected chi connectivity index (χ0v) is 11.9. The molecule has 108 valence electrons. The summed E-state index contributed by atoms with van der Waals surface area (Å²) >= 11 is 0. The van der Waals surface area contributed by atoms with E-state index in [0.29, 0.717) is 17.4 Å². The molecule has 1 aliphatic carbocycles. The van der Waals surface area contributed by atoms with Crippen molar-refractivity contribution in [1.82, 2.24) is 4.90 Å². The maximum absolute atomic E-state index is 12.0. The first kappa shape index (κ1) is 13.6. The Morgan fingerprint density at radius 1 is 1.29 bits per heavy atom. The molecule has 0 aromatic heterocycles. The van der Waals surface area contributed by atoms with Crippen molar-refractivity contribution in [3.8, 4) is 5.75 Å². The third-order valence-corrected chi connectivity index (χ3v) is 3.89. The molecule has 1 aliphatic rings. The van der Waals surface area contributed by atoms with Crippen LogP contribution in [0.4, 0.5) is 0 Å². The van der Waals surface area contributed by atoms with E-state index in [1.165, 1.54) is 0 Å². The lowest BCUT2D eigenvalue weighted by Gasteiger charge is -2.17. The molecule has 0 heterocycles. The van der Waals surface area contributed by atoms with Gasteiger partial charge in [-0.1, -0.05) is 30.3 Å². The maximum Gasteiger partial charge on any atom is 0.260 e. The van der Waals surface area contributed by atoms with E-state index in [9.17, 15) is 9.59 Å². The molecule has 0 N–H and O–H groups in total. The van der Waals surface area contributed by atoms with Gasteiger partial charge >= 0.3 is 0 Å². The van der Waals surface area contributed by atoms with E-state index >= 15 is 0 Å². The standard InChI is InChI=1S/C17H17NO3/c1-18(13-7-8-13)17(20)11-21-16-9-6-12-4-2-3-5-14(12)15(16)10-19/h2-6,9-10,13H,7-8,11H2,1H3. The lowest BCUT2D eigenvalue weighted by Crippen LogP contribution is -2.33. The molecule has 0 spiro atoms. The summed E-state index contributed by atoms with van der Waals surface area (Å²) in [5, 5.41) is 1.82. The number of carbonyl (C=O) groups excluding carboxylic acids is 2. The van der Waals surface area contributed by atoms with Gasteiger partial charge in [-0.25, -0.2) is 0 Å². The fraction of sp³-hybridized carbons (Fsp3) is 0.294. The Morgan fingerprint density at radius 2 is 2.05 bits per heavy atom. The molecule has 2 aromatic carbocycles. The van der Waals surface area contributed by atoms with Crippen LogP contribution in [0.15, 0.2) is 36.4 Å². The van der Waals surface area contributed by atoms with Crippen molar-refractivity contribution in [3.05, 3.63) is 42.0 Å². The highest BCUT2D eigenvalue weighted by atomic mass is 16.5. The highest BCUT2D eigenvalue weighted by Crippen LogP contribution is 2.28. The van der Waals surface area contributed by atoms with Crippen molar-refractivity contribution in [1.29, 1.82) is 0 Å². The van der Waals surface area contributed by atoms with Crippen LogP contribution in [0.1, 0.15) is 23.2 Å². The molecule has 0 aliphatic heterocycles. The Labute approximate surface area is 123 Å². The molecular formula is C17H17NO3. The Morgan fingerprint density at radius 3 is 2.76 bits per heavy atom. The minimum absolute atomic E-state index is 0.0355. The summed E-state index contributed by atoms with van der Waals surface area (Å²) in [6.07, 6.45) is 2.92. The minimum Gasteiger partial charge on any atom is -0.483 e. The van der Waals surface area contributed by atoms with Crippen LogP contribution >= 0.6 is 0 Å². The number of hydrogen-bond donors (Lipinski definition) is 0. The summed E-state index contributed by atoms with van der Waals surface area (Å²) in [6.45, 7) is -0.0355. The highest BCUT2D eigenvalue weighted by Gasteiger charge is 2.29. The number of carbonyl (C=O) groups is 2. The average molecular weight is 283 g/mol. The zero-order valence-electron chi connectivity index (χ0n) is 11.9. The van der Waals surface area contributed by atoms with Crippen molar-refractivity contribution in [2.45, 2.75) is 18.9 Å². The SMILES string of the molecule is CN(C(=O)COc1ccc2ccccc2c1C=O)C1CC1. The maximum atomic E-state index is 12.0. The van der Waals surface area contributed by atoms with Crippen LogP contribution in [0, 0.1) is 0 Å². The number of fused-ring (bicyclic) bond motifs is 1. The van der Waals surface area contributed by atoms with Crippen molar-refractivity contribution >= 4 is 23.0 Å². The van der Waals surface area contributed by atoms with E-state index in [1.807, 2.05) is 30.3 Å². The van der Waals surface area contributed by atoms with Crippen LogP contribution in [0.25, 0.3) is 10.8 Å². The summed E-state index contributed by atoms with van der Waals surface area (Å²) in [5.41, 5.74) is 0.495. The molecule has 1 fully saturated rings. The number of likely N-dealkylation sites (N-methyl/N-ethyl adjacent to an activating group) is 1. The molecule has 4 heteroatoms. The third kappa shape index (κ3) is 2.75. The summed E-state index contributed by atoms with van der Waals surface area (Å²) < 4.78 is 5.57. The number of amides is 1. The lowest BCUT2D eigenvalue weighted by molar-refractivity contribution is -0.132. The zero-order chi connectivity index (χ0) is 14.8. The summed E-state index contributed by atoms with van der Waals surface area (Å²) in [7, 11) is 1.80. The topological polar surface area (TPSA) is 46.6 Å². The van der Waals surface area contributed by atoms with E-state index in [1.54, 1.807) is 18.0 Å². The predicted octanol–water partition coefficient (Wildman–Crippen LogP) is 2.65. The number of benzene rings is 2. The van der Waals surface area contributed by atoms with Crippen LogP contribution in [0.3, 0.4) is 0 Å². The van der Waals surface area contributed by atoms with Gasteiger partial charge in [0.05, 0.1) is 5.56 Å². The molecule has 0 unspecified atom stereocenters. The molecule has 0 atom stereocenters. The molecule has 3 rings (SSSR count). The van der Waals surface area contributed by atoms with Crippen LogP contribution < -0.4 is 4.74 Å². The fourth-order valence-corrected chi connectivity index (χ4v) is 2.43. The van der Waals surface area contributed by atoms with Crippen molar-refractivity contribution in [2.75, 3.05) is 13.7 Å². The van der Waals surface area contributed by atoms with Crippen LogP contribution in [0.2, 0.25) is 0 Å². The van der Waals surface area contributed by atoms with Gasteiger partial charge in [0.2, 0.25) is 0 Å². The van der Waals surface area contributed by atoms with Gasteiger partial charge in [-0.15, -0.1) is 0 Å². The Hall–Kier alpha value is -2.36. The van der Waals surface area contributed by atoms with Gasteiger partial charge in [0.25, 0.3) is 5.91 Å². The van der Waals surface area contributed by atoms with E-state index in [-0.39, 0.29) is 12.5 Å². The first-order valence-corrected chi connectivity index (χ1v) is 7.06. The first-order valence-electron chi connectivity index (χ1n) is 7.06. The molecule has 0 saturated heterocycles. The van der Waals surface area contributed by atoms with Gasteiger partial charge in [-0.05, 0) is 29.7 Å². The first-order chi connectivity index (χ1) is 10.2. The van der Waals surface area contributed by atoms with Gasteiger partial charge < -0.3 is 9.64 Å². The summed E-state index contributed by atoms with van der Waals surface area (Å²) in [4.78, 5) is 25.1. The average Bonchev–Trinajstić information content (AvgIpc) is 3.36. The summed E-state index contributed by atoms with van der Waals surface area (Å²) in [6, 6.07) is 11.6. The molecule has 21 heavy (non-hydrogen) atoms. The number of aldehydes is 1. The van der Waals surface area contributed by atoms with Crippen molar-refractivity contribution in [2.24, 2.45) is 0 Å². The molecule has 4 nitrogen and oxygen atoms in total. The van der Waals surface area contributed by atoms with Crippen LogP contribution in [-0.2, 0) is 4.79 Å². The lowest BCUT2D eigenvalue weighted by atomic mass is 10.0. The van der Waals surface area contributed by atoms with Crippen LogP contribution in [-0.4, -0.2) is 36.8 Å². The van der Waals surface area contributed by atoms with Gasteiger partial charge in [-0.3, -0.25) is 9.59 Å². The fourth-order valence-electron chi connectivity index (χ4n) is 2.43. The predicted molar refractivity (Wildman–Crippen MR) is 80.6 cm³/mol. The molecule has 1 amide bonds. The molecule has 1 saturated carbocycles. The van der Waals surface area contributed by atoms with E-state index < -0.39 is 0 Å². The largest absolute Gasteiger partial charge is 0.483 e. The van der Waals surface area contributed by atoms with Crippen LogP contribution in [0.5, 0.6) is 5.75 Å². The monoisotopic (exact) mass is 283 g/mol. The van der Waals surface area contributed by atoms with E-state index in [2.05, 4.69) is 0 Å². The summed E-state index contributed by atoms with van der Waals surface area (Å²) in [5.74, 6) is 0.406. The highest BCUT2D eigenvalue weighted by molar-refractivity contribution is 6.00. The smallest absolute Gasteiger partial charge is 0.260 e. The van der Waals surface area contributed by atoms with Gasteiger partial charge in [0, 0.05) is 13.1 Å². The second-order valence-corrected chi connectivity index (χ2v) is 5.34. The van der Waals surface area contributed by atoms with Crippen molar-refractivity contribution in [3.63, 3.8) is 0 Å². The molecule has 0 bridgehead atoms. The molecule has 2 aromatic rings. The number of ether oxygens (including phenoxy) is 1. The minimum atomic E-state index is -0.0532. The second kappa shape index (κ2) is 5.56. The van der Waals surface area contributed by atoms with Crippen molar-refractivity contribution < 1.29 is 14.3 Å². The second-order valence-electron chi connectivity index (χ2n) is 5.34.